The Balaban J connectivity index is 0.000000460. The van der Waals surface area contributed by atoms with Crippen LogP contribution >= 0.6 is 0 Å². The van der Waals surface area contributed by atoms with Crippen LogP contribution in [0.2, 0.25) is 0 Å². The number of aryl methyl sites for hydroxylation is 2. The summed E-state index contributed by atoms with van der Waals surface area (Å²) in [6, 6.07) is 19.8. The smallest absolute Gasteiger partial charge is 0.870 e. The van der Waals surface area contributed by atoms with E-state index in [0.717, 1.165) is 17.1 Å². The van der Waals surface area contributed by atoms with E-state index >= 15 is 0 Å². The topological polar surface area (TPSA) is 164 Å². The van der Waals surface area contributed by atoms with Crippen molar-refractivity contribution >= 4 is 35.6 Å². The number of aliphatic imine (C=N–C) groups is 2. The van der Waals surface area contributed by atoms with Crippen molar-refractivity contribution in [2.75, 3.05) is 0 Å². The van der Waals surface area contributed by atoms with Crippen LogP contribution in [0, 0.1) is 13.8 Å². The summed E-state index contributed by atoms with van der Waals surface area (Å²) in [4.78, 5) is 30.9. The van der Waals surface area contributed by atoms with Gasteiger partial charge in [-0.25, -0.2) is 9.59 Å². The van der Waals surface area contributed by atoms with Crippen LogP contribution in [0.5, 0.6) is 23.0 Å². The molecule has 4 aromatic carbocycles. The fourth-order valence-electron chi connectivity index (χ4n) is 6.40. The first-order chi connectivity index (χ1) is 27.5. The molecule has 60 heavy (non-hydrogen) atoms. The molecule has 0 unspecified atom stereocenters. The van der Waals surface area contributed by atoms with Gasteiger partial charge in [-0.2, -0.15) is 0 Å². The van der Waals surface area contributed by atoms with Crippen LogP contribution in [0.3, 0.4) is 0 Å². The minimum absolute atomic E-state index is 0. The van der Waals surface area contributed by atoms with Crippen molar-refractivity contribution in [2.45, 2.75) is 139 Å². The Morgan fingerprint density at radius 1 is 0.533 bits per heavy atom. The monoisotopic (exact) mass is 866 g/mol. The molecule has 2 N–H and O–H groups in total. The molecule has 0 atom stereocenters. The number of nitrogens with zero attached hydrogens (tertiary/aromatic N) is 2. The molecule has 4 aromatic rings. The number of hydrogen-bond donors (Lipinski definition) is 2. The van der Waals surface area contributed by atoms with Gasteiger partial charge in [-0.05, 0) is 101 Å². The molecule has 10 nitrogen and oxygen atoms in total. The molecule has 0 bridgehead atoms. The first-order valence-electron chi connectivity index (χ1n) is 20.3. The molecule has 4 rings (SSSR count). The Kier molecular flexibility index (Phi) is 21.3. The van der Waals surface area contributed by atoms with E-state index < -0.39 is 12.3 Å². The summed E-state index contributed by atoms with van der Waals surface area (Å²) in [7, 11) is 0. The van der Waals surface area contributed by atoms with Crippen LogP contribution in [0.1, 0.15) is 170 Å². The molecular formula is C49H64N2NiO8. The Morgan fingerprint density at radius 3 is 1.17 bits per heavy atom. The number of ether oxygens (including phenoxy) is 2. The first kappa shape index (κ1) is 52.9. The molecule has 0 aliphatic carbocycles. The van der Waals surface area contributed by atoms with Gasteiger partial charge in [-0.3, -0.25) is 9.98 Å². The van der Waals surface area contributed by atoms with Gasteiger partial charge < -0.3 is 29.9 Å². The summed E-state index contributed by atoms with van der Waals surface area (Å²) < 4.78 is 9.26. The van der Waals surface area contributed by atoms with E-state index in [-0.39, 0.29) is 63.2 Å². The van der Waals surface area contributed by atoms with Crippen molar-refractivity contribution in [2.24, 2.45) is 9.98 Å². The van der Waals surface area contributed by atoms with E-state index in [9.17, 15) is 19.8 Å². The maximum Gasteiger partial charge on any atom is 2.00 e. The molecule has 0 saturated carbocycles. The minimum Gasteiger partial charge on any atom is -0.870 e. The number of carboxylic acid groups (broad SMARTS) is 2. The van der Waals surface area contributed by atoms with E-state index in [1.807, 2.05) is 68.5 Å². The van der Waals surface area contributed by atoms with Crippen LogP contribution in [0.4, 0.5) is 21.0 Å². The van der Waals surface area contributed by atoms with Crippen molar-refractivity contribution in [1.82, 2.24) is 0 Å². The normalized spacial score (nSPS) is 11.4. The Hall–Kier alpha value is -5.15. The average molecular weight is 868 g/mol. The zero-order valence-corrected chi connectivity index (χ0v) is 38.9. The summed E-state index contributed by atoms with van der Waals surface area (Å²) in [5.74, 6) is 0.291. The summed E-state index contributed by atoms with van der Waals surface area (Å²) in [6.45, 7) is 30.2. The summed E-state index contributed by atoms with van der Waals surface area (Å²) >= 11 is 0. The zero-order valence-electron chi connectivity index (χ0n) is 37.9. The van der Waals surface area contributed by atoms with Crippen molar-refractivity contribution in [3.63, 3.8) is 0 Å². The maximum atomic E-state index is 12.1. The quantitative estimate of drug-likeness (QED) is 0.0651. The Bertz CT molecular complexity index is 1990. The maximum absolute atomic E-state index is 12.1. The van der Waals surface area contributed by atoms with E-state index in [4.69, 9.17) is 20.2 Å². The standard InChI is InChI=1S/C23H30N2.2C13H18O4.Ni/c1-15(2)20-12-9-13-21(16(3)4)23(20)24-14-19(7)25-22-17(5)10-8-11-18(22)6;2*1-7(2)9-5-6-10(8(3)4)12(11(9)14)17-13(15)16;/h8-16H,1-7H3;2*5-8,14H,1-4H3,(H,15,16);/q;;;+2/p-2. The van der Waals surface area contributed by atoms with Gasteiger partial charge in [-0.15, -0.1) is 0 Å². The van der Waals surface area contributed by atoms with Crippen LogP contribution in [-0.4, -0.2) is 34.5 Å². The van der Waals surface area contributed by atoms with Crippen LogP contribution in [0.25, 0.3) is 0 Å². The van der Waals surface area contributed by atoms with Crippen molar-refractivity contribution in [3.05, 3.63) is 105 Å². The van der Waals surface area contributed by atoms with E-state index in [1.165, 1.54) is 22.3 Å². The predicted octanol–water partition coefficient (Wildman–Crippen LogP) is 13.2. The molecule has 0 spiro atoms. The third-order valence-electron chi connectivity index (χ3n) is 9.66. The molecule has 0 aliphatic rings. The third kappa shape index (κ3) is 14.8. The number of para-hydroxylation sites is 2. The predicted molar refractivity (Wildman–Crippen MR) is 237 cm³/mol. The number of rotatable bonds is 11. The third-order valence-corrected chi connectivity index (χ3v) is 9.66. The van der Waals surface area contributed by atoms with E-state index in [0.29, 0.717) is 34.1 Å². The second-order valence-electron chi connectivity index (χ2n) is 16.5. The van der Waals surface area contributed by atoms with E-state index in [1.54, 1.807) is 24.3 Å². The van der Waals surface area contributed by atoms with Gasteiger partial charge in [0.2, 0.25) is 0 Å². The minimum atomic E-state index is -1.45. The van der Waals surface area contributed by atoms with Gasteiger partial charge in [0, 0.05) is 6.21 Å². The largest absolute Gasteiger partial charge is 2.00 e. The van der Waals surface area contributed by atoms with Gasteiger partial charge in [0.25, 0.3) is 0 Å². The first-order valence-corrected chi connectivity index (χ1v) is 20.3. The van der Waals surface area contributed by atoms with Crippen molar-refractivity contribution in [1.29, 1.82) is 0 Å². The SMILES string of the molecule is CC(C)c1ccc(C(C)C)c(OC(=O)O)c1[O-].CC(C)c1ccc(C(C)C)c(OC(=O)O)c1[O-].CC(C=Nc1c(C(C)C)cccc1C(C)C)=Nc1c(C)cccc1C.[Ni+2]. The molecule has 0 heterocycles. The zero-order chi connectivity index (χ0) is 44.9. The summed E-state index contributed by atoms with van der Waals surface area (Å²) in [5, 5.41) is 41.5. The fourth-order valence-corrected chi connectivity index (χ4v) is 6.40. The second-order valence-corrected chi connectivity index (χ2v) is 16.5. The fraction of sp³-hybridized carbons (Fsp3) is 0.429. The van der Waals surface area contributed by atoms with E-state index in [2.05, 4.69) is 87.4 Å². The molecule has 328 valence electrons. The van der Waals surface area contributed by atoms with Gasteiger partial charge >= 0.3 is 28.8 Å². The van der Waals surface area contributed by atoms with Gasteiger partial charge in [0.1, 0.15) is 11.5 Å². The van der Waals surface area contributed by atoms with Gasteiger partial charge in [-0.1, -0.05) is 155 Å². The van der Waals surface area contributed by atoms with Crippen LogP contribution < -0.4 is 19.7 Å². The molecule has 11 heteroatoms. The van der Waals surface area contributed by atoms with Crippen molar-refractivity contribution < 1.29 is 56.0 Å². The average Bonchev–Trinajstić information content (AvgIpc) is 3.13. The summed E-state index contributed by atoms with van der Waals surface area (Å²) in [5.41, 5.74) is 10.4. The molecule has 0 aromatic heterocycles. The van der Waals surface area contributed by atoms with Gasteiger partial charge in [0.15, 0.2) is 0 Å². The Labute approximate surface area is 367 Å². The van der Waals surface area contributed by atoms with Crippen LogP contribution in [-0.2, 0) is 16.5 Å². The van der Waals surface area contributed by atoms with Gasteiger partial charge in [0.05, 0.1) is 17.1 Å². The molecule has 0 saturated heterocycles. The molecule has 0 fully saturated rings. The second kappa shape index (κ2) is 24.2. The Morgan fingerprint density at radius 2 is 0.850 bits per heavy atom. The van der Waals surface area contributed by atoms with Crippen LogP contribution in [0.15, 0.2) is 70.6 Å². The van der Waals surface area contributed by atoms with Crippen molar-refractivity contribution in [3.8, 4) is 23.0 Å². The summed E-state index contributed by atoms with van der Waals surface area (Å²) in [6.07, 6.45) is -1.01. The molecule has 0 radical (unpaired) electrons. The molecular weight excluding hydrogens is 803 g/mol. The number of carbonyl (C=O) groups is 2. The number of hydrogen-bond acceptors (Lipinski definition) is 8. The molecule has 0 amide bonds. The number of benzene rings is 4. The molecule has 0 aliphatic heterocycles.